The molecule has 40 heavy (non-hydrogen) atoms. The number of rotatable bonds is 5. The first-order chi connectivity index (χ1) is 19.1. The number of pyridine rings is 1. The minimum absolute atomic E-state index is 0. The molecule has 0 spiro atoms. The van der Waals surface area contributed by atoms with Crippen LogP contribution in [0.3, 0.4) is 0 Å². The van der Waals surface area contributed by atoms with Gasteiger partial charge < -0.3 is 36.3 Å². The molecule has 3 aliphatic rings. The summed E-state index contributed by atoms with van der Waals surface area (Å²) in [5.74, 6) is 2.92. The Labute approximate surface area is 239 Å². The summed E-state index contributed by atoms with van der Waals surface area (Å²) in [5.41, 5.74) is 5.89. The van der Waals surface area contributed by atoms with Crippen LogP contribution < -0.4 is 40.8 Å². The Bertz CT molecular complexity index is 1570. The molecule has 0 bridgehead atoms. The highest BCUT2D eigenvalue weighted by atomic mass is 35.5. The molecule has 1 saturated heterocycles. The molecule has 4 aromatic rings. The van der Waals surface area contributed by atoms with Crippen LogP contribution in [0.4, 0.5) is 10.1 Å². The molecular formula is C31H31ClFN3O4. The molecule has 3 aromatic carbocycles. The minimum Gasteiger partial charge on any atom is -1.00 e. The van der Waals surface area contributed by atoms with E-state index in [4.69, 9.17) is 18.9 Å². The van der Waals surface area contributed by atoms with E-state index in [1.54, 1.807) is 14.2 Å². The minimum atomic E-state index is -0.203. The summed E-state index contributed by atoms with van der Waals surface area (Å²) in [7, 11) is 3.39. The zero-order chi connectivity index (χ0) is 26.5. The number of aromatic nitrogens is 1. The van der Waals surface area contributed by atoms with Crippen LogP contribution in [-0.4, -0.2) is 52.1 Å². The van der Waals surface area contributed by atoms with Gasteiger partial charge >= 0.3 is 0 Å². The molecule has 4 heterocycles. The van der Waals surface area contributed by atoms with Gasteiger partial charge in [0.25, 0.3) is 0 Å². The van der Waals surface area contributed by atoms with Crippen molar-refractivity contribution in [2.45, 2.75) is 19.5 Å². The fraction of sp³-hybridized carbons (Fsp3) is 0.323. The van der Waals surface area contributed by atoms with Gasteiger partial charge in [0.2, 0.25) is 12.5 Å². The van der Waals surface area contributed by atoms with Gasteiger partial charge in [-0.3, -0.25) is 4.90 Å². The molecule has 208 valence electrons. The Hall–Kier alpha value is -3.75. The third-order valence-electron chi connectivity index (χ3n) is 8.16. The van der Waals surface area contributed by atoms with Crippen molar-refractivity contribution in [3.05, 3.63) is 71.7 Å². The van der Waals surface area contributed by atoms with E-state index >= 15 is 0 Å². The van der Waals surface area contributed by atoms with E-state index in [0.717, 1.165) is 90.8 Å². The Morgan fingerprint density at radius 1 is 0.900 bits per heavy atom. The van der Waals surface area contributed by atoms with E-state index < -0.39 is 0 Å². The third kappa shape index (κ3) is 4.55. The van der Waals surface area contributed by atoms with Crippen LogP contribution in [0.5, 0.6) is 23.0 Å². The van der Waals surface area contributed by atoms with Gasteiger partial charge in [0.15, 0.2) is 35.7 Å². The second-order valence-electron chi connectivity index (χ2n) is 10.3. The van der Waals surface area contributed by atoms with E-state index in [1.807, 2.05) is 12.1 Å². The first kappa shape index (κ1) is 26.5. The van der Waals surface area contributed by atoms with Crippen molar-refractivity contribution in [3.63, 3.8) is 0 Å². The lowest BCUT2D eigenvalue weighted by Gasteiger charge is -2.36. The number of ether oxygens (including phenoxy) is 4. The van der Waals surface area contributed by atoms with Crippen LogP contribution in [0, 0.1) is 5.82 Å². The number of hydrogen-bond acceptors (Lipinski definition) is 6. The summed E-state index contributed by atoms with van der Waals surface area (Å²) in [6, 6.07) is 15.4. The van der Waals surface area contributed by atoms with Gasteiger partial charge in [-0.05, 0) is 53.6 Å². The molecule has 9 heteroatoms. The molecule has 0 N–H and O–H groups in total. The van der Waals surface area contributed by atoms with Crippen molar-refractivity contribution < 1.29 is 40.3 Å². The maximum Gasteiger partial charge on any atom is 0.231 e. The van der Waals surface area contributed by atoms with Crippen LogP contribution >= 0.6 is 0 Å². The number of nitrogens with zero attached hydrogens (tertiary/aromatic N) is 3. The molecule has 1 aromatic heterocycles. The second kappa shape index (κ2) is 10.7. The molecule has 0 atom stereocenters. The molecule has 1 fully saturated rings. The smallest absolute Gasteiger partial charge is 0.231 e. The Morgan fingerprint density at radius 2 is 1.65 bits per heavy atom. The highest BCUT2D eigenvalue weighted by Gasteiger charge is 2.30. The average molecular weight is 564 g/mol. The lowest BCUT2D eigenvalue weighted by molar-refractivity contribution is -0.686. The monoisotopic (exact) mass is 563 g/mol. The molecular weight excluding hydrogens is 533 g/mol. The topological polar surface area (TPSA) is 47.3 Å². The molecule has 0 radical (unpaired) electrons. The van der Waals surface area contributed by atoms with Crippen molar-refractivity contribution in [2.24, 2.45) is 0 Å². The van der Waals surface area contributed by atoms with Crippen LogP contribution in [0.15, 0.2) is 54.7 Å². The van der Waals surface area contributed by atoms with Crippen molar-refractivity contribution in [2.75, 3.05) is 52.1 Å². The van der Waals surface area contributed by atoms with Crippen LogP contribution in [0.25, 0.3) is 22.0 Å². The number of hydrogen-bond donors (Lipinski definition) is 0. The van der Waals surface area contributed by atoms with Crippen molar-refractivity contribution >= 4 is 16.5 Å². The van der Waals surface area contributed by atoms with Crippen LogP contribution in [-0.2, 0) is 19.5 Å². The molecule has 7 rings (SSSR count). The lowest BCUT2D eigenvalue weighted by atomic mass is 9.93. The first-order valence-corrected chi connectivity index (χ1v) is 13.4. The standard InChI is InChI=1S/C31H31FN3O4.ClH/c1-36-30-14-21(17-33-9-11-34(12-10-33)23-5-3-22(32)4-6-23)24-15-27-25-16-29-28(38-19-39-29)13-20(25)7-8-35(27)18-26(24)31(30)37-2;/h3-6,13-16,18H,7-12,17,19H2,1-2H3;1H/q+1;/p-1. The predicted octanol–water partition coefficient (Wildman–Crippen LogP) is 1.56. The molecule has 3 aliphatic heterocycles. The number of benzene rings is 3. The summed E-state index contributed by atoms with van der Waals surface area (Å²) < 4.78 is 38.7. The van der Waals surface area contributed by atoms with Crippen molar-refractivity contribution in [3.8, 4) is 34.3 Å². The third-order valence-corrected chi connectivity index (χ3v) is 8.16. The number of aryl methyl sites for hydroxylation is 2. The maximum atomic E-state index is 13.4. The second-order valence-corrected chi connectivity index (χ2v) is 10.3. The van der Waals surface area contributed by atoms with Gasteiger partial charge in [-0.2, -0.15) is 4.57 Å². The van der Waals surface area contributed by atoms with Crippen LogP contribution in [0.1, 0.15) is 11.1 Å². The zero-order valence-electron chi connectivity index (χ0n) is 22.6. The van der Waals surface area contributed by atoms with E-state index in [9.17, 15) is 4.39 Å². The Kier molecular flexibility index (Phi) is 7.06. The Morgan fingerprint density at radius 3 is 2.38 bits per heavy atom. The fourth-order valence-electron chi connectivity index (χ4n) is 6.11. The van der Waals surface area contributed by atoms with E-state index in [1.165, 1.54) is 28.8 Å². The van der Waals surface area contributed by atoms with Gasteiger partial charge in [0, 0.05) is 56.3 Å². The molecule has 0 aliphatic carbocycles. The average Bonchev–Trinajstić information content (AvgIpc) is 3.43. The number of methoxy groups -OCH3 is 2. The lowest BCUT2D eigenvalue weighted by Crippen LogP contribution is -3.00. The molecule has 0 unspecified atom stereocenters. The molecule has 0 amide bonds. The van der Waals surface area contributed by atoms with Gasteiger partial charge in [-0.25, -0.2) is 4.39 Å². The highest BCUT2D eigenvalue weighted by molar-refractivity contribution is 5.94. The first-order valence-electron chi connectivity index (χ1n) is 13.4. The highest BCUT2D eigenvalue weighted by Crippen LogP contribution is 2.43. The number of anilines is 1. The zero-order valence-corrected chi connectivity index (χ0v) is 23.3. The number of piperazine rings is 1. The Balaban J connectivity index is 0.00000289. The van der Waals surface area contributed by atoms with E-state index in [0.29, 0.717) is 0 Å². The van der Waals surface area contributed by atoms with Crippen LogP contribution in [0.2, 0.25) is 0 Å². The van der Waals surface area contributed by atoms with Gasteiger partial charge in [-0.1, -0.05) is 0 Å². The molecule has 0 saturated carbocycles. The number of halogens is 2. The summed E-state index contributed by atoms with van der Waals surface area (Å²) >= 11 is 0. The summed E-state index contributed by atoms with van der Waals surface area (Å²) in [6.45, 7) is 5.56. The van der Waals surface area contributed by atoms with Crippen molar-refractivity contribution in [1.82, 2.24) is 4.90 Å². The van der Waals surface area contributed by atoms with E-state index in [-0.39, 0.29) is 25.0 Å². The van der Waals surface area contributed by atoms with Crippen molar-refractivity contribution in [1.29, 1.82) is 0 Å². The van der Waals surface area contributed by atoms with Gasteiger partial charge in [0.1, 0.15) is 5.82 Å². The van der Waals surface area contributed by atoms with E-state index in [2.05, 4.69) is 44.8 Å². The summed E-state index contributed by atoms with van der Waals surface area (Å²) in [4.78, 5) is 4.79. The quantitative estimate of drug-likeness (QED) is 0.344. The van der Waals surface area contributed by atoms with Gasteiger partial charge in [0.05, 0.1) is 25.2 Å². The number of fused-ring (bicyclic) bond motifs is 5. The fourth-order valence-corrected chi connectivity index (χ4v) is 6.11. The normalized spacial score (nSPS) is 15.8. The summed E-state index contributed by atoms with van der Waals surface area (Å²) in [6.07, 6.45) is 3.13. The molecule has 7 nitrogen and oxygen atoms in total. The largest absolute Gasteiger partial charge is 1.00 e. The van der Waals surface area contributed by atoms with Gasteiger partial charge in [-0.15, -0.1) is 0 Å². The maximum absolute atomic E-state index is 13.4. The summed E-state index contributed by atoms with van der Waals surface area (Å²) in [5, 5.41) is 2.20. The SMILES string of the molecule is COc1cc(CN2CCN(c3ccc(F)cc3)CC2)c2cc3[n+](cc2c1OC)CCc1cc2c(cc1-3)OCO2.[Cl-]. The predicted molar refractivity (Wildman–Crippen MR) is 146 cm³/mol.